The largest absolute Gasteiger partial charge is 0.369 e. The van der Waals surface area contributed by atoms with Crippen LogP contribution in [0.4, 0.5) is 17.1 Å². The number of rotatable bonds is 5. The van der Waals surface area contributed by atoms with Crippen molar-refractivity contribution in [1.82, 2.24) is 4.90 Å². The van der Waals surface area contributed by atoms with Crippen LogP contribution in [0.5, 0.6) is 0 Å². The summed E-state index contributed by atoms with van der Waals surface area (Å²) < 4.78 is 0. The molecular formula is C20H24N4O3. The highest BCUT2D eigenvalue weighted by Crippen LogP contribution is 2.24. The fourth-order valence-electron chi connectivity index (χ4n) is 3.41. The number of amides is 1. The van der Waals surface area contributed by atoms with Crippen LogP contribution in [0, 0.1) is 17.0 Å². The molecule has 1 atom stereocenters. The summed E-state index contributed by atoms with van der Waals surface area (Å²) in [7, 11) is 0. The van der Waals surface area contributed by atoms with Gasteiger partial charge in [0.25, 0.3) is 5.69 Å². The van der Waals surface area contributed by atoms with E-state index < -0.39 is 4.92 Å². The molecule has 7 heteroatoms. The molecule has 2 aromatic carbocycles. The summed E-state index contributed by atoms with van der Waals surface area (Å²) in [5.74, 6) is -0.228. The van der Waals surface area contributed by atoms with Crippen LogP contribution < -0.4 is 10.2 Å². The van der Waals surface area contributed by atoms with Crippen LogP contribution in [0.15, 0.2) is 48.5 Å². The van der Waals surface area contributed by atoms with Crippen LogP contribution in [-0.2, 0) is 4.79 Å². The van der Waals surface area contributed by atoms with Crippen LogP contribution in [0.2, 0.25) is 0 Å². The molecule has 1 N–H and O–H groups in total. The minimum atomic E-state index is -0.485. The Morgan fingerprint density at radius 1 is 1.07 bits per heavy atom. The maximum atomic E-state index is 12.6. The van der Waals surface area contributed by atoms with Gasteiger partial charge in [-0.3, -0.25) is 19.8 Å². The Morgan fingerprint density at radius 3 is 2.37 bits per heavy atom. The SMILES string of the molecule is Cc1ccccc1N1CCN([C@H](C)C(=O)Nc2ccccc2[N+](=O)[O-])CC1. The van der Waals surface area contributed by atoms with Gasteiger partial charge in [0.1, 0.15) is 5.69 Å². The lowest BCUT2D eigenvalue weighted by molar-refractivity contribution is -0.383. The van der Waals surface area contributed by atoms with E-state index in [9.17, 15) is 14.9 Å². The number of nitro benzene ring substituents is 1. The molecule has 0 saturated carbocycles. The van der Waals surface area contributed by atoms with E-state index in [2.05, 4.69) is 34.2 Å². The van der Waals surface area contributed by atoms with Gasteiger partial charge in [0, 0.05) is 37.9 Å². The van der Waals surface area contributed by atoms with E-state index in [0.29, 0.717) is 0 Å². The third kappa shape index (κ3) is 4.25. The number of piperazine rings is 1. The van der Waals surface area contributed by atoms with Gasteiger partial charge in [-0.15, -0.1) is 0 Å². The molecule has 3 rings (SSSR count). The van der Waals surface area contributed by atoms with E-state index in [4.69, 9.17) is 0 Å². The van der Waals surface area contributed by atoms with Gasteiger partial charge in [-0.2, -0.15) is 0 Å². The number of nitro groups is 1. The average Bonchev–Trinajstić information content (AvgIpc) is 2.68. The normalized spacial score (nSPS) is 16.0. The van der Waals surface area contributed by atoms with Gasteiger partial charge in [-0.05, 0) is 31.5 Å². The Hall–Kier alpha value is -2.93. The molecule has 0 bridgehead atoms. The molecule has 1 aliphatic heterocycles. The average molecular weight is 368 g/mol. The van der Waals surface area contributed by atoms with Gasteiger partial charge < -0.3 is 10.2 Å². The highest BCUT2D eigenvalue weighted by molar-refractivity contribution is 5.96. The fourth-order valence-corrected chi connectivity index (χ4v) is 3.41. The third-order valence-corrected chi connectivity index (χ3v) is 5.06. The van der Waals surface area contributed by atoms with E-state index in [0.717, 1.165) is 26.2 Å². The molecule has 0 radical (unpaired) electrons. The van der Waals surface area contributed by atoms with Gasteiger partial charge in [-0.1, -0.05) is 30.3 Å². The molecule has 0 unspecified atom stereocenters. The van der Waals surface area contributed by atoms with Crippen molar-refractivity contribution in [3.05, 3.63) is 64.2 Å². The lowest BCUT2D eigenvalue weighted by atomic mass is 10.1. The molecule has 1 fully saturated rings. The van der Waals surface area contributed by atoms with Crippen LogP contribution in [0.3, 0.4) is 0 Å². The smallest absolute Gasteiger partial charge is 0.292 e. The Bertz CT molecular complexity index is 831. The highest BCUT2D eigenvalue weighted by Gasteiger charge is 2.27. The number of anilines is 2. The van der Waals surface area contributed by atoms with Crippen molar-refractivity contribution in [3.63, 3.8) is 0 Å². The van der Waals surface area contributed by atoms with Gasteiger partial charge in [0.2, 0.25) is 5.91 Å². The number of nitrogens with zero attached hydrogens (tertiary/aromatic N) is 3. The zero-order valence-electron chi connectivity index (χ0n) is 15.6. The molecule has 0 aliphatic carbocycles. The summed E-state index contributed by atoms with van der Waals surface area (Å²) >= 11 is 0. The molecule has 1 heterocycles. The quantitative estimate of drug-likeness (QED) is 0.648. The summed E-state index contributed by atoms with van der Waals surface area (Å²) in [5, 5.41) is 13.8. The minimum absolute atomic E-state index is 0.0950. The number of para-hydroxylation sites is 3. The van der Waals surface area contributed by atoms with Crippen molar-refractivity contribution in [2.75, 3.05) is 36.4 Å². The summed E-state index contributed by atoms with van der Waals surface area (Å²) in [6.07, 6.45) is 0. The molecule has 1 aliphatic rings. The second kappa shape index (κ2) is 8.18. The minimum Gasteiger partial charge on any atom is -0.369 e. The van der Waals surface area contributed by atoms with E-state index in [-0.39, 0.29) is 23.3 Å². The molecule has 2 aromatic rings. The van der Waals surface area contributed by atoms with E-state index in [1.807, 2.05) is 19.1 Å². The Kier molecular flexibility index (Phi) is 5.71. The van der Waals surface area contributed by atoms with Crippen molar-refractivity contribution in [3.8, 4) is 0 Å². The molecule has 7 nitrogen and oxygen atoms in total. The molecular weight excluding hydrogens is 344 g/mol. The Morgan fingerprint density at radius 2 is 1.70 bits per heavy atom. The van der Waals surface area contributed by atoms with E-state index >= 15 is 0 Å². The van der Waals surface area contributed by atoms with Gasteiger partial charge >= 0.3 is 0 Å². The first-order valence-corrected chi connectivity index (χ1v) is 9.06. The van der Waals surface area contributed by atoms with Crippen LogP contribution in [0.25, 0.3) is 0 Å². The lowest BCUT2D eigenvalue weighted by Gasteiger charge is -2.39. The number of carbonyl (C=O) groups excluding carboxylic acids is 1. The third-order valence-electron chi connectivity index (χ3n) is 5.06. The van der Waals surface area contributed by atoms with E-state index in [1.165, 1.54) is 17.3 Å². The molecule has 27 heavy (non-hydrogen) atoms. The molecule has 142 valence electrons. The molecule has 1 amide bonds. The predicted octanol–water partition coefficient (Wildman–Crippen LogP) is 3.05. The standard InChI is InChI=1S/C20H24N4O3/c1-15-7-3-5-9-18(15)23-13-11-22(12-14-23)16(2)20(25)21-17-8-4-6-10-19(17)24(26)27/h3-10,16H,11-14H2,1-2H3,(H,21,25)/t16-/m1/s1. The van der Waals surface area contributed by atoms with Crippen LogP contribution >= 0.6 is 0 Å². The summed E-state index contributed by atoms with van der Waals surface area (Å²) in [5.41, 5.74) is 2.61. The molecule has 1 saturated heterocycles. The molecule has 0 aromatic heterocycles. The van der Waals surface area contributed by atoms with Crippen LogP contribution in [-0.4, -0.2) is 48.0 Å². The fraction of sp³-hybridized carbons (Fsp3) is 0.350. The zero-order valence-corrected chi connectivity index (χ0v) is 15.6. The summed E-state index contributed by atoms with van der Waals surface area (Å²) in [6, 6.07) is 14.1. The second-order valence-corrected chi connectivity index (χ2v) is 6.75. The Balaban J connectivity index is 1.61. The zero-order chi connectivity index (χ0) is 19.4. The number of nitrogens with one attached hydrogen (secondary N) is 1. The Labute approximate surface area is 158 Å². The van der Waals surface area contributed by atoms with Crippen molar-refractivity contribution >= 4 is 23.0 Å². The van der Waals surface area contributed by atoms with Gasteiger partial charge in [0.05, 0.1) is 11.0 Å². The lowest BCUT2D eigenvalue weighted by Crippen LogP contribution is -2.53. The number of carbonyl (C=O) groups is 1. The van der Waals surface area contributed by atoms with E-state index in [1.54, 1.807) is 18.2 Å². The van der Waals surface area contributed by atoms with Crippen molar-refractivity contribution in [1.29, 1.82) is 0 Å². The number of hydrogen-bond acceptors (Lipinski definition) is 5. The first kappa shape index (κ1) is 18.8. The first-order valence-electron chi connectivity index (χ1n) is 9.06. The maximum Gasteiger partial charge on any atom is 0.292 e. The van der Waals surface area contributed by atoms with Crippen molar-refractivity contribution in [2.24, 2.45) is 0 Å². The van der Waals surface area contributed by atoms with Gasteiger partial charge in [-0.25, -0.2) is 0 Å². The number of benzene rings is 2. The predicted molar refractivity (Wildman–Crippen MR) is 106 cm³/mol. The number of aryl methyl sites for hydroxylation is 1. The first-order chi connectivity index (χ1) is 13.0. The highest BCUT2D eigenvalue weighted by atomic mass is 16.6. The van der Waals surface area contributed by atoms with Crippen molar-refractivity contribution < 1.29 is 9.72 Å². The second-order valence-electron chi connectivity index (χ2n) is 6.75. The topological polar surface area (TPSA) is 78.7 Å². The summed E-state index contributed by atoms with van der Waals surface area (Å²) in [6.45, 7) is 7.15. The number of hydrogen-bond donors (Lipinski definition) is 1. The summed E-state index contributed by atoms with van der Waals surface area (Å²) in [4.78, 5) is 27.7. The maximum absolute atomic E-state index is 12.6. The van der Waals surface area contributed by atoms with Crippen LogP contribution in [0.1, 0.15) is 12.5 Å². The van der Waals surface area contributed by atoms with Gasteiger partial charge in [0.15, 0.2) is 0 Å². The monoisotopic (exact) mass is 368 g/mol. The van der Waals surface area contributed by atoms with Crippen molar-refractivity contribution in [2.45, 2.75) is 19.9 Å². The molecule has 0 spiro atoms.